The smallest absolute Gasteiger partial charge is 0.406 e. The summed E-state index contributed by atoms with van der Waals surface area (Å²) in [5.41, 5.74) is 11.9. The first-order valence-corrected chi connectivity index (χ1v) is 14.3. The van der Waals surface area contributed by atoms with Crippen LogP contribution in [-0.2, 0) is 20.5 Å². The summed E-state index contributed by atoms with van der Waals surface area (Å²) in [7, 11) is 1.23. The van der Waals surface area contributed by atoms with E-state index < -0.39 is 33.3 Å². The normalized spacial score (nSPS) is 12.6. The van der Waals surface area contributed by atoms with Gasteiger partial charge in [0, 0.05) is 39.7 Å². The van der Waals surface area contributed by atoms with Crippen LogP contribution in [0, 0.1) is 11.6 Å². The second kappa shape index (κ2) is 20.2. The van der Waals surface area contributed by atoms with Gasteiger partial charge in [-0.05, 0) is 68.3 Å². The number of carbonyl (C=O) groups excluding carboxylic acids is 2. The predicted octanol–water partition coefficient (Wildman–Crippen LogP) is 6.21. The lowest BCUT2D eigenvalue weighted by Crippen LogP contribution is -2.38. The third-order valence-corrected chi connectivity index (χ3v) is 7.13. The van der Waals surface area contributed by atoms with Gasteiger partial charge in [0.05, 0.1) is 36.0 Å². The zero-order chi connectivity index (χ0) is 30.3. The summed E-state index contributed by atoms with van der Waals surface area (Å²) in [4.78, 5) is 20.2. The predicted molar refractivity (Wildman–Crippen MR) is 163 cm³/mol. The molecule has 0 aromatic heterocycles. The molecule has 0 radical (unpaired) electrons. The number of hydrogen-bond acceptors (Lipinski definition) is 7. The van der Waals surface area contributed by atoms with E-state index in [4.69, 9.17) is 11.5 Å². The maximum absolute atomic E-state index is 13.3. The van der Waals surface area contributed by atoms with Gasteiger partial charge in [0.25, 0.3) is 0 Å². The van der Waals surface area contributed by atoms with Crippen molar-refractivity contribution in [3.05, 3.63) is 68.1 Å². The molecule has 2 aromatic carbocycles. The minimum absolute atomic E-state index is 0. The van der Waals surface area contributed by atoms with Gasteiger partial charge in [-0.15, -0.1) is 0 Å². The number of nitrogens with two attached hydrogens (primary N) is 2. The highest BCUT2D eigenvalue weighted by atomic mass is 79.9. The van der Waals surface area contributed by atoms with E-state index in [1.165, 1.54) is 38.5 Å². The quantitative estimate of drug-likeness (QED) is 0.247. The Hall–Kier alpha value is -1.68. The number of ether oxygens (including phenoxy) is 2. The summed E-state index contributed by atoms with van der Waals surface area (Å²) in [6, 6.07) is 8.09. The Kier molecular flexibility index (Phi) is 20.5. The molecule has 0 saturated carbocycles. The molecule has 0 aliphatic heterocycles. The van der Waals surface area contributed by atoms with Crippen molar-refractivity contribution >= 4 is 66.0 Å². The van der Waals surface area contributed by atoms with Crippen molar-refractivity contribution in [2.45, 2.75) is 45.0 Å². The molecular weight excluding hydrogens is 702 g/mol. The van der Waals surface area contributed by atoms with Crippen LogP contribution in [-0.4, -0.2) is 47.8 Å². The van der Waals surface area contributed by atoms with Crippen LogP contribution in [0.2, 0.25) is 0 Å². The minimum Gasteiger partial charge on any atom is -0.457 e. The molecule has 0 bridgehead atoms. The Bertz CT molecular complexity index is 1070. The number of rotatable bonds is 7. The molecule has 3 atom stereocenters. The fourth-order valence-corrected chi connectivity index (χ4v) is 4.32. The molecule has 1 amide bonds. The number of nitrogens with one attached hydrogen (secondary N) is 2. The first kappa shape index (κ1) is 40.5. The van der Waals surface area contributed by atoms with E-state index in [9.17, 15) is 22.6 Å². The number of hydrogen-bond donors (Lipinski definition) is 4. The molecule has 6 N–H and O–H groups in total. The average Bonchev–Trinajstić information content (AvgIpc) is 2.84. The molecule has 0 aliphatic rings. The van der Waals surface area contributed by atoms with Gasteiger partial charge in [-0.1, -0.05) is 39.3 Å². The number of methoxy groups -OCH3 is 2. The molecule has 40 heavy (non-hydrogen) atoms. The highest BCUT2D eigenvalue weighted by molar-refractivity contribution is 9.10. The van der Waals surface area contributed by atoms with E-state index in [0.29, 0.717) is 20.1 Å². The summed E-state index contributed by atoms with van der Waals surface area (Å²) in [6.45, 7) is 6.03. The van der Waals surface area contributed by atoms with E-state index in [-0.39, 0.29) is 38.2 Å². The number of benzene rings is 2. The fraction of sp³-hybridized carbons (Fsp3) is 0.440. The largest absolute Gasteiger partial charge is 0.457 e. The maximum atomic E-state index is 13.3. The van der Waals surface area contributed by atoms with Crippen molar-refractivity contribution in [2.75, 3.05) is 27.3 Å². The van der Waals surface area contributed by atoms with Crippen LogP contribution in [0.3, 0.4) is 0 Å². The molecule has 0 fully saturated rings. The average molecular weight is 739 g/mol. The van der Waals surface area contributed by atoms with Crippen molar-refractivity contribution in [1.29, 1.82) is 0 Å². The topological polar surface area (TPSA) is 146 Å². The molecule has 0 unspecified atom stereocenters. The summed E-state index contributed by atoms with van der Waals surface area (Å²) in [5, 5.41) is 2.45. The summed E-state index contributed by atoms with van der Waals surface area (Å²) < 4.78 is 50.5. The molecule has 0 saturated heterocycles. The van der Waals surface area contributed by atoms with E-state index in [0.717, 1.165) is 0 Å². The Balaban J connectivity index is 0. The van der Waals surface area contributed by atoms with E-state index in [1.54, 1.807) is 12.1 Å². The van der Waals surface area contributed by atoms with Gasteiger partial charge in [-0.25, -0.2) is 27.3 Å². The third-order valence-electron chi connectivity index (χ3n) is 4.45. The van der Waals surface area contributed by atoms with Crippen LogP contribution < -0.4 is 21.5 Å². The van der Waals surface area contributed by atoms with Gasteiger partial charge in [-0.2, -0.15) is 0 Å². The standard InChI is InChI=1S/C12H18BrFN2OS.C10H12BrFN2O2.C2H3ClO2.CH4/c1-12(2,3)18(17)16-11(7-15)8-4-9(13)6-10(14)5-8;1-16-10(15)14-5-9(13)6-2-7(11)4-8(12)3-6;1-5-2(3)4;/h4-6,11,16H,7,15H2,1-3H3;2-4,9H,5,13H2,1H3,(H,14,15);1H3;1H4/t11-,18+;9-;;/m11../s1. The highest BCUT2D eigenvalue weighted by Crippen LogP contribution is 2.22. The molecule has 228 valence electrons. The first-order chi connectivity index (χ1) is 18.0. The van der Waals surface area contributed by atoms with E-state index >= 15 is 0 Å². The summed E-state index contributed by atoms with van der Waals surface area (Å²) in [5.74, 6) is -0.723. The number of amides is 1. The Morgan fingerprint density at radius 2 is 1.45 bits per heavy atom. The van der Waals surface area contributed by atoms with Crippen molar-refractivity contribution in [2.24, 2.45) is 11.5 Å². The Labute approximate surface area is 258 Å². The van der Waals surface area contributed by atoms with Crippen LogP contribution in [0.5, 0.6) is 0 Å². The van der Waals surface area contributed by atoms with Crippen LogP contribution >= 0.6 is 43.5 Å². The molecule has 0 spiro atoms. The molecular formula is C25H37Br2ClF2N4O5S. The first-order valence-electron chi connectivity index (χ1n) is 11.1. The van der Waals surface area contributed by atoms with Gasteiger partial charge in [0.1, 0.15) is 11.6 Å². The fourth-order valence-electron chi connectivity index (χ4n) is 2.51. The van der Waals surface area contributed by atoms with Crippen molar-refractivity contribution in [1.82, 2.24) is 10.0 Å². The Morgan fingerprint density at radius 3 is 1.82 bits per heavy atom. The van der Waals surface area contributed by atoms with Gasteiger partial charge in [-0.3, -0.25) is 0 Å². The van der Waals surface area contributed by atoms with Crippen LogP contribution in [0.15, 0.2) is 45.3 Å². The SMILES string of the molecule is C.CC(C)(C)[S@](=O)N[C@H](CN)c1cc(F)cc(Br)c1.COC(=O)Cl.COC(=O)NC[C@@H](N)c1cc(F)cc(Br)c1. The van der Waals surface area contributed by atoms with Crippen LogP contribution in [0.1, 0.15) is 51.4 Å². The number of alkyl carbamates (subject to hydrolysis) is 1. The molecule has 0 heterocycles. The summed E-state index contributed by atoms with van der Waals surface area (Å²) >= 11 is 11.0. The second-order valence-corrected chi connectivity index (χ2v) is 12.8. The van der Waals surface area contributed by atoms with Gasteiger partial charge in [0.15, 0.2) is 0 Å². The van der Waals surface area contributed by atoms with Crippen LogP contribution in [0.25, 0.3) is 0 Å². The molecule has 9 nitrogen and oxygen atoms in total. The molecule has 0 aliphatic carbocycles. The molecule has 2 aromatic rings. The third kappa shape index (κ3) is 17.2. The van der Waals surface area contributed by atoms with Crippen LogP contribution in [0.4, 0.5) is 18.4 Å². The minimum atomic E-state index is -1.25. The van der Waals surface area contributed by atoms with Crippen molar-refractivity contribution in [3.8, 4) is 0 Å². The number of carbonyl (C=O) groups is 2. The zero-order valence-electron chi connectivity index (χ0n) is 22.0. The van der Waals surface area contributed by atoms with E-state index in [2.05, 4.69) is 63.0 Å². The lowest BCUT2D eigenvalue weighted by atomic mass is 10.1. The maximum Gasteiger partial charge on any atom is 0.406 e. The lowest BCUT2D eigenvalue weighted by molar-refractivity contribution is 0.170. The monoisotopic (exact) mass is 736 g/mol. The van der Waals surface area contributed by atoms with E-state index in [1.807, 2.05) is 20.8 Å². The second-order valence-electron chi connectivity index (χ2n) is 8.61. The van der Waals surface area contributed by atoms with Gasteiger partial charge in [0.2, 0.25) is 0 Å². The lowest BCUT2D eigenvalue weighted by Gasteiger charge is -2.23. The van der Waals surface area contributed by atoms with Crippen molar-refractivity contribution in [3.63, 3.8) is 0 Å². The van der Waals surface area contributed by atoms with Gasteiger partial charge >= 0.3 is 11.5 Å². The Morgan fingerprint density at radius 1 is 1.00 bits per heavy atom. The molecule has 2 rings (SSSR count). The summed E-state index contributed by atoms with van der Waals surface area (Å²) in [6.07, 6.45) is -0.564. The van der Waals surface area contributed by atoms with Gasteiger partial charge < -0.3 is 26.3 Å². The molecule has 15 heteroatoms. The number of halogens is 5. The van der Waals surface area contributed by atoms with Crippen molar-refractivity contribution < 1.29 is 32.1 Å². The highest BCUT2D eigenvalue weighted by Gasteiger charge is 2.23. The zero-order valence-corrected chi connectivity index (χ0v) is 26.8.